The van der Waals surface area contributed by atoms with Gasteiger partial charge in [0.15, 0.2) is 0 Å². The molecule has 2 rings (SSSR count). The number of nitrogens with one attached hydrogen (secondary N) is 2. The van der Waals surface area contributed by atoms with Crippen molar-refractivity contribution in [1.29, 1.82) is 0 Å². The predicted octanol–water partition coefficient (Wildman–Crippen LogP) is 2.79. The third kappa shape index (κ3) is 3.96. The lowest BCUT2D eigenvalue weighted by atomic mass is 9.92. The Bertz CT molecular complexity index is 215. The molecule has 2 heteroatoms. The molecule has 1 heterocycles. The lowest BCUT2D eigenvalue weighted by Crippen LogP contribution is -2.31. The monoisotopic (exact) mass is 238 g/mol. The zero-order chi connectivity index (χ0) is 12.1. The molecule has 0 aromatic carbocycles. The van der Waals surface area contributed by atoms with Gasteiger partial charge in [0.05, 0.1) is 0 Å². The maximum atomic E-state index is 3.69. The van der Waals surface area contributed by atoms with E-state index in [1.54, 1.807) is 0 Å². The van der Waals surface area contributed by atoms with Crippen LogP contribution >= 0.6 is 0 Å². The summed E-state index contributed by atoms with van der Waals surface area (Å²) in [6.45, 7) is 9.74. The molecule has 0 bridgehead atoms. The van der Waals surface area contributed by atoms with Crippen LogP contribution in [0.25, 0.3) is 0 Å². The fourth-order valence-electron chi connectivity index (χ4n) is 3.14. The Balaban J connectivity index is 1.49. The fraction of sp³-hybridized carbons (Fsp3) is 1.00. The van der Waals surface area contributed by atoms with Crippen molar-refractivity contribution >= 4 is 0 Å². The molecule has 0 radical (unpaired) electrons. The Hall–Kier alpha value is -0.0800. The average Bonchev–Trinajstić information content (AvgIpc) is 3.11. The van der Waals surface area contributed by atoms with Crippen LogP contribution in [-0.2, 0) is 0 Å². The third-order valence-corrected chi connectivity index (χ3v) is 4.96. The van der Waals surface area contributed by atoms with Crippen molar-refractivity contribution in [3.63, 3.8) is 0 Å². The normalized spacial score (nSPS) is 27.4. The SMILES string of the molecule is CC(C)C1(CNCCCC2CCCNC2)CC1. The summed E-state index contributed by atoms with van der Waals surface area (Å²) < 4.78 is 0. The number of rotatable bonds is 7. The van der Waals surface area contributed by atoms with Crippen molar-refractivity contribution in [2.24, 2.45) is 17.3 Å². The molecule has 1 unspecified atom stereocenters. The van der Waals surface area contributed by atoms with E-state index in [0.717, 1.165) is 11.8 Å². The highest BCUT2D eigenvalue weighted by Crippen LogP contribution is 2.51. The van der Waals surface area contributed by atoms with E-state index < -0.39 is 0 Å². The first kappa shape index (κ1) is 13.4. The average molecular weight is 238 g/mol. The zero-order valence-corrected chi connectivity index (χ0v) is 11.7. The molecule has 17 heavy (non-hydrogen) atoms. The Morgan fingerprint density at radius 2 is 2.18 bits per heavy atom. The van der Waals surface area contributed by atoms with Gasteiger partial charge < -0.3 is 10.6 Å². The molecule has 1 saturated heterocycles. The number of piperidine rings is 1. The molecule has 2 aliphatic rings. The first-order chi connectivity index (χ1) is 8.23. The Morgan fingerprint density at radius 3 is 2.76 bits per heavy atom. The summed E-state index contributed by atoms with van der Waals surface area (Å²) in [6.07, 6.45) is 8.50. The fourth-order valence-corrected chi connectivity index (χ4v) is 3.14. The second kappa shape index (κ2) is 6.19. The van der Waals surface area contributed by atoms with Gasteiger partial charge in [-0.1, -0.05) is 13.8 Å². The lowest BCUT2D eigenvalue weighted by Gasteiger charge is -2.23. The Morgan fingerprint density at radius 1 is 1.35 bits per heavy atom. The van der Waals surface area contributed by atoms with Crippen LogP contribution in [0.2, 0.25) is 0 Å². The molecule has 2 N–H and O–H groups in total. The van der Waals surface area contributed by atoms with Crippen LogP contribution in [0.3, 0.4) is 0 Å². The summed E-state index contributed by atoms with van der Waals surface area (Å²) >= 11 is 0. The molecule has 2 fully saturated rings. The van der Waals surface area contributed by atoms with E-state index >= 15 is 0 Å². The molecule has 0 aromatic heterocycles. The van der Waals surface area contributed by atoms with Gasteiger partial charge in [-0.3, -0.25) is 0 Å². The van der Waals surface area contributed by atoms with Gasteiger partial charge in [-0.2, -0.15) is 0 Å². The van der Waals surface area contributed by atoms with Crippen molar-refractivity contribution < 1.29 is 0 Å². The van der Waals surface area contributed by atoms with Crippen LogP contribution < -0.4 is 10.6 Å². The highest BCUT2D eigenvalue weighted by molar-refractivity contribution is 4.96. The van der Waals surface area contributed by atoms with Crippen molar-refractivity contribution in [3.05, 3.63) is 0 Å². The van der Waals surface area contributed by atoms with Crippen LogP contribution in [0.4, 0.5) is 0 Å². The smallest absolute Gasteiger partial charge is 0.00103 e. The second-order valence-electron chi connectivity index (χ2n) is 6.55. The first-order valence-electron chi connectivity index (χ1n) is 7.64. The maximum absolute atomic E-state index is 3.69. The number of hydrogen-bond acceptors (Lipinski definition) is 2. The minimum Gasteiger partial charge on any atom is -0.316 e. The highest BCUT2D eigenvalue weighted by Gasteiger charge is 2.44. The standard InChI is InChI=1S/C15H30N2/c1-13(2)15(7-8-15)12-17-10-4-6-14-5-3-9-16-11-14/h13-14,16-17H,3-12H2,1-2H3. The van der Waals surface area contributed by atoms with Gasteiger partial charge in [0.1, 0.15) is 0 Å². The van der Waals surface area contributed by atoms with Gasteiger partial charge in [-0.25, -0.2) is 0 Å². The minimum atomic E-state index is 0.673. The maximum Gasteiger partial charge on any atom is 0.00103 e. The molecule has 1 saturated carbocycles. The highest BCUT2D eigenvalue weighted by atomic mass is 14.9. The van der Waals surface area contributed by atoms with Crippen LogP contribution in [0.1, 0.15) is 52.4 Å². The van der Waals surface area contributed by atoms with Crippen molar-refractivity contribution in [3.8, 4) is 0 Å². The third-order valence-electron chi connectivity index (χ3n) is 4.96. The second-order valence-corrected chi connectivity index (χ2v) is 6.55. The van der Waals surface area contributed by atoms with Crippen LogP contribution in [0.15, 0.2) is 0 Å². The van der Waals surface area contributed by atoms with Crippen molar-refractivity contribution in [2.75, 3.05) is 26.2 Å². The van der Waals surface area contributed by atoms with Gasteiger partial charge >= 0.3 is 0 Å². The van der Waals surface area contributed by atoms with Gasteiger partial charge in [0.25, 0.3) is 0 Å². The van der Waals surface area contributed by atoms with Crippen LogP contribution in [-0.4, -0.2) is 26.2 Å². The predicted molar refractivity (Wildman–Crippen MR) is 74.2 cm³/mol. The van der Waals surface area contributed by atoms with Gasteiger partial charge in [0, 0.05) is 6.54 Å². The largest absolute Gasteiger partial charge is 0.316 e. The molecule has 0 amide bonds. The van der Waals surface area contributed by atoms with E-state index in [4.69, 9.17) is 0 Å². The van der Waals surface area contributed by atoms with Crippen LogP contribution in [0.5, 0.6) is 0 Å². The molecule has 1 aliphatic heterocycles. The summed E-state index contributed by atoms with van der Waals surface area (Å²) in [5.41, 5.74) is 0.673. The van der Waals surface area contributed by atoms with Crippen molar-refractivity contribution in [2.45, 2.75) is 52.4 Å². The molecule has 1 atom stereocenters. The summed E-state index contributed by atoms with van der Waals surface area (Å²) in [6, 6.07) is 0. The topological polar surface area (TPSA) is 24.1 Å². The van der Waals surface area contributed by atoms with E-state index in [1.807, 2.05) is 0 Å². The summed E-state index contributed by atoms with van der Waals surface area (Å²) in [5, 5.41) is 7.19. The van der Waals surface area contributed by atoms with Gasteiger partial charge in [-0.15, -0.1) is 0 Å². The van der Waals surface area contributed by atoms with E-state index in [2.05, 4.69) is 24.5 Å². The molecule has 0 spiro atoms. The van der Waals surface area contributed by atoms with E-state index in [0.29, 0.717) is 5.41 Å². The quantitative estimate of drug-likeness (QED) is 0.667. The first-order valence-corrected chi connectivity index (χ1v) is 7.64. The lowest BCUT2D eigenvalue weighted by molar-refractivity contribution is 0.323. The van der Waals surface area contributed by atoms with E-state index in [-0.39, 0.29) is 0 Å². The molecule has 100 valence electrons. The summed E-state index contributed by atoms with van der Waals surface area (Å²) in [7, 11) is 0. The van der Waals surface area contributed by atoms with Gasteiger partial charge in [-0.05, 0) is 75.4 Å². The molecule has 1 aliphatic carbocycles. The zero-order valence-electron chi connectivity index (χ0n) is 11.7. The summed E-state index contributed by atoms with van der Waals surface area (Å²) in [4.78, 5) is 0. The van der Waals surface area contributed by atoms with Gasteiger partial charge in [0.2, 0.25) is 0 Å². The van der Waals surface area contributed by atoms with Crippen molar-refractivity contribution in [1.82, 2.24) is 10.6 Å². The van der Waals surface area contributed by atoms with E-state index in [9.17, 15) is 0 Å². The molecule has 0 aromatic rings. The Labute approximate surface area is 107 Å². The molecular formula is C15H30N2. The van der Waals surface area contributed by atoms with E-state index in [1.165, 1.54) is 64.7 Å². The molecule has 2 nitrogen and oxygen atoms in total. The molecular weight excluding hydrogens is 208 g/mol. The van der Waals surface area contributed by atoms with Crippen LogP contribution in [0, 0.1) is 17.3 Å². The minimum absolute atomic E-state index is 0.673. The Kier molecular flexibility index (Phi) is 4.87. The number of hydrogen-bond donors (Lipinski definition) is 2. The summed E-state index contributed by atoms with van der Waals surface area (Å²) in [5.74, 6) is 1.81.